The first-order chi connectivity index (χ1) is 8.35. The average Bonchev–Trinajstić information content (AvgIpc) is 2.34. The molecule has 102 valence electrons. The normalized spacial score (nSPS) is 11.6. The number of aliphatic imine (C=N–C) groups is 1. The average molecular weight is 261 g/mol. The molecule has 0 radical (unpaired) electrons. The zero-order valence-electron chi connectivity index (χ0n) is 11.4. The summed E-state index contributed by atoms with van der Waals surface area (Å²) in [6, 6.07) is 0. The van der Waals surface area contributed by atoms with Crippen LogP contribution in [0.1, 0.15) is 26.7 Å². The second kappa shape index (κ2) is 13.6. The van der Waals surface area contributed by atoms with Crippen LogP contribution in [0.3, 0.4) is 0 Å². The Kier molecular flexibility index (Phi) is 13.3. The molecule has 0 rings (SSSR count). The number of guanidine groups is 1. The van der Waals surface area contributed by atoms with Crippen LogP contribution < -0.4 is 10.6 Å². The van der Waals surface area contributed by atoms with E-state index in [1.165, 1.54) is 12.2 Å². The SMILES string of the molecule is CCNC(=NCCCCSC)NCCOCC. The summed E-state index contributed by atoms with van der Waals surface area (Å²) >= 11 is 1.89. The van der Waals surface area contributed by atoms with Crippen LogP contribution in [0.4, 0.5) is 0 Å². The van der Waals surface area contributed by atoms with Gasteiger partial charge in [-0.15, -0.1) is 0 Å². The van der Waals surface area contributed by atoms with Gasteiger partial charge in [0.15, 0.2) is 5.96 Å². The molecule has 17 heavy (non-hydrogen) atoms. The quantitative estimate of drug-likeness (QED) is 0.357. The first kappa shape index (κ1) is 16.6. The smallest absolute Gasteiger partial charge is 0.191 e. The predicted molar refractivity (Wildman–Crippen MR) is 78.1 cm³/mol. The third kappa shape index (κ3) is 11.8. The third-order valence-electron chi connectivity index (χ3n) is 2.11. The van der Waals surface area contributed by atoms with Gasteiger partial charge in [0.1, 0.15) is 0 Å². The van der Waals surface area contributed by atoms with Crippen LogP contribution in [0.25, 0.3) is 0 Å². The van der Waals surface area contributed by atoms with Gasteiger partial charge in [-0.3, -0.25) is 4.99 Å². The van der Waals surface area contributed by atoms with Crippen molar-refractivity contribution in [2.45, 2.75) is 26.7 Å². The van der Waals surface area contributed by atoms with E-state index in [1.807, 2.05) is 18.7 Å². The molecule has 0 heterocycles. The van der Waals surface area contributed by atoms with Crippen LogP contribution in [-0.2, 0) is 4.74 Å². The lowest BCUT2D eigenvalue weighted by Crippen LogP contribution is -2.39. The van der Waals surface area contributed by atoms with E-state index in [9.17, 15) is 0 Å². The fourth-order valence-corrected chi connectivity index (χ4v) is 1.77. The van der Waals surface area contributed by atoms with Crippen molar-refractivity contribution >= 4 is 17.7 Å². The fourth-order valence-electron chi connectivity index (χ4n) is 1.28. The van der Waals surface area contributed by atoms with Crippen molar-refractivity contribution in [1.29, 1.82) is 0 Å². The van der Waals surface area contributed by atoms with E-state index in [2.05, 4.69) is 28.8 Å². The highest BCUT2D eigenvalue weighted by atomic mass is 32.2. The van der Waals surface area contributed by atoms with E-state index in [4.69, 9.17) is 4.74 Å². The molecule has 0 fully saturated rings. The Bertz CT molecular complexity index is 189. The van der Waals surface area contributed by atoms with Crippen molar-refractivity contribution in [2.24, 2.45) is 4.99 Å². The summed E-state index contributed by atoms with van der Waals surface area (Å²) in [5.74, 6) is 2.13. The summed E-state index contributed by atoms with van der Waals surface area (Å²) in [4.78, 5) is 4.51. The standard InChI is InChI=1S/C12H27N3OS/c1-4-13-12(15-9-10-16-5-2)14-8-6-7-11-17-3/h4-11H2,1-3H3,(H2,13,14,15). The summed E-state index contributed by atoms with van der Waals surface area (Å²) in [7, 11) is 0. The molecule has 0 saturated heterocycles. The molecule has 2 N–H and O–H groups in total. The van der Waals surface area contributed by atoms with Crippen molar-refractivity contribution in [1.82, 2.24) is 10.6 Å². The first-order valence-electron chi connectivity index (χ1n) is 6.44. The van der Waals surface area contributed by atoms with Gasteiger partial charge in [-0.1, -0.05) is 0 Å². The van der Waals surface area contributed by atoms with E-state index in [-0.39, 0.29) is 0 Å². The number of nitrogens with zero attached hydrogens (tertiary/aromatic N) is 1. The van der Waals surface area contributed by atoms with Crippen LogP contribution in [0.2, 0.25) is 0 Å². The summed E-state index contributed by atoms with van der Waals surface area (Å²) in [5.41, 5.74) is 0. The third-order valence-corrected chi connectivity index (χ3v) is 2.81. The Balaban J connectivity index is 3.66. The van der Waals surface area contributed by atoms with Crippen molar-refractivity contribution in [3.63, 3.8) is 0 Å². The van der Waals surface area contributed by atoms with Crippen molar-refractivity contribution in [3.8, 4) is 0 Å². The molecule has 0 aliphatic rings. The lowest BCUT2D eigenvalue weighted by atomic mass is 10.3. The molecule has 0 aliphatic heterocycles. The van der Waals surface area contributed by atoms with Gasteiger partial charge < -0.3 is 15.4 Å². The van der Waals surface area contributed by atoms with Crippen LogP contribution in [-0.4, -0.2) is 50.8 Å². The minimum Gasteiger partial charge on any atom is -0.380 e. The number of nitrogens with one attached hydrogen (secondary N) is 2. The maximum atomic E-state index is 5.27. The number of unbranched alkanes of at least 4 members (excludes halogenated alkanes) is 1. The number of hydrogen-bond donors (Lipinski definition) is 2. The molecule has 0 spiro atoms. The number of ether oxygens (including phenoxy) is 1. The van der Waals surface area contributed by atoms with E-state index in [1.54, 1.807) is 0 Å². The summed E-state index contributed by atoms with van der Waals surface area (Å²) in [6.07, 6.45) is 4.54. The highest BCUT2D eigenvalue weighted by Gasteiger charge is 1.95. The molecule has 0 aliphatic carbocycles. The first-order valence-corrected chi connectivity index (χ1v) is 7.83. The second-order valence-corrected chi connectivity index (χ2v) is 4.57. The largest absolute Gasteiger partial charge is 0.380 e. The molecule has 0 atom stereocenters. The Morgan fingerprint density at radius 1 is 1.24 bits per heavy atom. The van der Waals surface area contributed by atoms with E-state index >= 15 is 0 Å². The van der Waals surface area contributed by atoms with Crippen LogP contribution in [0.15, 0.2) is 4.99 Å². The highest BCUT2D eigenvalue weighted by molar-refractivity contribution is 7.98. The Morgan fingerprint density at radius 2 is 2.06 bits per heavy atom. The molecule has 0 unspecified atom stereocenters. The Morgan fingerprint density at radius 3 is 2.71 bits per heavy atom. The molecular formula is C12H27N3OS. The van der Waals surface area contributed by atoms with Gasteiger partial charge in [-0.05, 0) is 38.7 Å². The monoisotopic (exact) mass is 261 g/mol. The van der Waals surface area contributed by atoms with Crippen molar-refractivity contribution in [2.75, 3.05) is 44.9 Å². The molecule has 5 heteroatoms. The van der Waals surface area contributed by atoms with Gasteiger partial charge in [-0.25, -0.2) is 0 Å². The Hall–Kier alpha value is -0.420. The van der Waals surface area contributed by atoms with Gasteiger partial charge in [0, 0.05) is 26.2 Å². The highest BCUT2D eigenvalue weighted by Crippen LogP contribution is 1.98. The number of rotatable bonds is 10. The van der Waals surface area contributed by atoms with Gasteiger partial charge >= 0.3 is 0 Å². The summed E-state index contributed by atoms with van der Waals surface area (Å²) in [5, 5.41) is 6.48. The lowest BCUT2D eigenvalue weighted by molar-refractivity contribution is 0.152. The molecule has 0 aromatic rings. The van der Waals surface area contributed by atoms with Gasteiger partial charge in [0.05, 0.1) is 6.61 Å². The maximum Gasteiger partial charge on any atom is 0.191 e. The van der Waals surface area contributed by atoms with E-state index < -0.39 is 0 Å². The Labute approximate surface area is 110 Å². The van der Waals surface area contributed by atoms with E-state index in [0.717, 1.165) is 45.2 Å². The molecule has 0 saturated carbocycles. The molecule has 0 amide bonds. The maximum absolute atomic E-state index is 5.27. The van der Waals surface area contributed by atoms with Crippen LogP contribution >= 0.6 is 11.8 Å². The van der Waals surface area contributed by atoms with Gasteiger partial charge in [0.2, 0.25) is 0 Å². The molecular weight excluding hydrogens is 234 g/mol. The number of hydrogen-bond acceptors (Lipinski definition) is 3. The fraction of sp³-hybridized carbons (Fsp3) is 0.917. The molecule has 4 nitrogen and oxygen atoms in total. The predicted octanol–water partition coefficient (Wildman–Crippen LogP) is 1.72. The number of thioether (sulfide) groups is 1. The lowest BCUT2D eigenvalue weighted by Gasteiger charge is -2.11. The van der Waals surface area contributed by atoms with Crippen molar-refractivity contribution in [3.05, 3.63) is 0 Å². The molecule has 0 bridgehead atoms. The van der Waals surface area contributed by atoms with Crippen molar-refractivity contribution < 1.29 is 4.74 Å². The summed E-state index contributed by atoms with van der Waals surface area (Å²) < 4.78 is 5.27. The van der Waals surface area contributed by atoms with Gasteiger partial charge in [0.25, 0.3) is 0 Å². The second-order valence-electron chi connectivity index (χ2n) is 3.58. The topological polar surface area (TPSA) is 45.7 Å². The molecule has 0 aromatic heterocycles. The van der Waals surface area contributed by atoms with Crippen LogP contribution in [0.5, 0.6) is 0 Å². The molecule has 0 aromatic carbocycles. The minimum absolute atomic E-state index is 0.730. The summed E-state index contributed by atoms with van der Waals surface area (Å²) in [6.45, 7) is 8.18. The zero-order valence-corrected chi connectivity index (χ0v) is 12.2. The minimum atomic E-state index is 0.730. The van der Waals surface area contributed by atoms with Crippen LogP contribution in [0, 0.1) is 0 Å². The van der Waals surface area contributed by atoms with Gasteiger partial charge in [-0.2, -0.15) is 11.8 Å². The van der Waals surface area contributed by atoms with E-state index in [0.29, 0.717) is 0 Å². The zero-order chi connectivity index (χ0) is 12.8.